The SMILES string of the molecule is C/C=C(\C=c1\ccccc1=C(C)C)Nc1ncnc2c1CN(CC1CCOC1)C2. The third-order valence-electron chi connectivity index (χ3n) is 5.71. The van der Waals surface area contributed by atoms with Gasteiger partial charge in [0.25, 0.3) is 0 Å². The molecule has 152 valence electrons. The van der Waals surface area contributed by atoms with E-state index < -0.39 is 0 Å². The smallest absolute Gasteiger partial charge is 0.138 e. The third kappa shape index (κ3) is 4.57. The molecular weight excluding hydrogens is 360 g/mol. The second-order valence-corrected chi connectivity index (χ2v) is 8.15. The first-order valence-corrected chi connectivity index (χ1v) is 10.4. The Morgan fingerprint density at radius 3 is 2.86 bits per heavy atom. The Morgan fingerprint density at radius 2 is 2.10 bits per heavy atom. The van der Waals surface area contributed by atoms with Crippen molar-refractivity contribution >= 4 is 17.5 Å². The molecule has 1 aromatic carbocycles. The number of fused-ring (bicyclic) bond motifs is 1. The lowest BCUT2D eigenvalue weighted by atomic mass is 10.1. The number of nitrogens with zero attached hydrogens (tertiary/aromatic N) is 3. The normalized spacial score (nSPS) is 20.2. The molecule has 2 aliphatic rings. The van der Waals surface area contributed by atoms with E-state index in [1.807, 2.05) is 0 Å². The number of nitrogens with one attached hydrogen (secondary N) is 1. The van der Waals surface area contributed by atoms with Gasteiger partial charge in [-0.25, -0.2) is 9.97 Å². The van der Waals surface area contributed by atoms with Crippen molar-refractivity contribution in [3.05, 3.63) is 64.1 Å². The second kappa shape index (κ2) is 8.89. The molecule has 2 aromatic rings. The van der Waals surface area contributed by atoms with E-state index in [0.29, 0.717) is 5.92 Å². The van der Waals surface area contributed by atoms with Gasteiger partial charge in [0.2, 0.25) is 0 Å². The van der Waals surface area contributed by atoms with Crippen LogP contribution in [0.15, 0.2) is 42.4 Å². The molecule has 0 bridgehead atoms. The van der Waals surface area contributed by atoms with Crippen LogP contribution in [0, 0.1) is 5.92 Å². The first-order valence-electron chi connectivity index (χ1n) is 10.4. The van der Waals surface area contributed by atoms with Crippen LogP contribution in [-0.2, 0) is 17.8 Å². The molecule has 1 atom stereocenters. The fourth-order valence-electron chi connectivity index (χ4n) is 4.15. The summed E-state index contributed by atoms with van der Waals surface area (Å²) in [6.07, 6.45) is 7.13. The van der Waals surface area contributed by atoms with Crippen LogP contribution in [0.5, 0.6) is 0 Å². The molecule has 5 heteroatoms. The lowest BCUT2D eigenvalue weighted by Gasteiger charge is -2.18. The average molecular weight is 391 g/mol. The van der Waals surface area contributed by atoms with Gasteiger partial charge in [-0.3, -0.25) is 4.90 Å². The van der Waals surface area contributed by atoms with Crippen molar-refractivity contribution in [3.8, 4) is 0 Å². The van der Waals surface area contributed by atoms with Crippen LogP contribution in [0.2, 0.25) is 0 Å². The summed E-state index contributed by atoms with van der Waals surface area (Å²) in [5.74, 6) is 1.55. The largest absolute Gasteiger partial charge is 0.381 e. The summed E-state index contributed by atoms with van der Waals surface area (Å²) >= 11 is 0. The van der Waals surface area contributed by atoms with Crippen LogP contribution in [0.25, 0.3) is 11.6 Å². The Hall–Kier alpha value is -2.50. The van der Waals surface area contributed by atoms with Crippen molar-refractivity contribution in [2.45, 2.75) is 40.3 Å². The lowest BCUT2D eigenvalue weighted by molar-refractivity contribution is 0.167. The highest BCUT2D eigenvalue weighted by molar-refractivity contribution is 5.61. The molecule has 0 saturated carbocycles. The summed E-state index contributed by atoms with van der Waals surface area (Å²) in [6, 6.07) is 8.49. The molecule has 1 aromatic heterocycles. The Kier molecular flexibility index (Phi) is 6.07. The Morgan fingerprint density at radius 1 is 1.24 bits per heavy atom. The minimum atomic E-state index is 0.637. The summed E-state index contributed by atoms with van der Waals surface area (Å²) in [5, 5.41) is 6.03. The minimum absolute atomic E-state index is 0.637. The summed E-state index contributed by atoms with van der Waals surface area (Å²) in [7, 11) is 0. The van der Waals surface area contributed by atoms with E-state index in [-0.39, 0.29) is 0 Å². The molecule has 0 radical (unpaired) electrons. The molecule has 1 unspecified atom stereocenters. The third-order valence-corrected chi connectivity index (χ3v) is 5.71. The van der Waals surface area contributed by atoms with E-state index in [1.54, 1.807) is 6.33 Å². The number of benzene rings is 1. The van der Waals surface area contributed by atoms with Gasteiger partial charge in [-0.05, 0) is 49.6 Å². The van der Waals surface area contributed by atoms with Gasteiger partial charge >= 0.3 is 0 Å². The quantitative estimate of drug-likeness (QED) is 0.851. The molecule has 1 saturated heterocycles. The van der Waals surface area contributed by atoms with Crippen molar-refractivity contribution in [1.29, 1.82) is 0 Å². The predicted octanol–water partition coefficient (Wildman–Crippen LogP) is 2.82. The molecule has 1 fully saturated rings. The van der Waals surface area contributed by atoms with E-state index in [0.717, 1.165) is 56.5 Å². The maximum absolute atomic E-state index is 5.54. The molecular formula is C24H30N4O. The van der Waals surface area contributed by atoms with Gasteiger partial charge in [-0.2, -0.15) is 0 Å². The van der Waals surface area contributed by atoms with E-state index in [9.17, 15) is 0 Å². The highest BCUT2D eigenvalue weighted by Crippen LogP contribution is 2.28. The van der Waals surface area contributed by atoms with Gasteiger partial charge in [0, 0.05) is 37.5 Å². The van der Waals surface area contributed by atoms with Gasteiger partial charge in [-0.1, -0.05) is 35.9 Å². The zero-order chi connectivity index (χ0) is 20.2. The van der Waals surface area contributed by atoms with Crippen LogP contribution in [0.3, 0.4) is 0 Å². The zero-order valence-electron chi connectivity index (χ0n) is 17.6. The molecule has 1 N–H and O–H groups in total. The van der Waals surface area contributed by atoms with E-state index >= 15 is 0 Å². The van der Waals surface area contributed by atoms with Crippen LogP contribution in [0.4, 0.5) is 5.82 Å². The van der Waals surface area contributed by atoms with Crippen molar-refractivity contribution in [3.63, 3.8) is 0 Å². The topological polar surface area (TPSA) is 50.3 Å². The molecule has 29 heavy (non-hydrogen) atoms. The summed E-state index contributed by atoms with van der Waals surface area (Å²) in [4.78, 5) is 11.6. The maximum atomic E-state index is 5.54. The van der Waals surface area contributed by atoms with Gasteiger partial charge in [-0.15, -0.1) is 0 Å². The fraction of sp³-hybridized carbons (Fsp3) is 0.417. The Bertz CT molecular complexity index is 1020. The van der Waals surface area contributed by atoms with E-state index in [1.165, 1.54) is 21.6 Å². The second-order valence-electron chi connectivity index (χ2n) is 8.15. The van der Waals surface area contributed by atoms with Gasteiger partial charge < -0.3 is 10.1 Å². The standard InChI is InChI=1S/C24H30N4O/c1-4-20(11-19-7-5-6-8-21(19)17(2)3)27-24-22-13-28(12-18-9-10-29-15-18)14-23(22)25-16-26-24/h4-8,11,16,18H,9-10,12-15H2,1-3H3,(H,25,26,27)/b19-11-,20-4+. The first kappa shape index (κ1) is 19.8. The summed E-state index contributed by atoms with van der Waals surface area (Å²) in [5.41, 5.74) is 4.70. The highest BCUT2D eigenvalue weighted by Gasteiger charge is 2.27. The van der Waals surface area contributed by atoms with E-state index in [2.05, 4.69) is 77.4 Å². The molecule has 2 aliphatic heterocycles. The molecule has 5 nitrogen and oxygen atoms in total. The van der Waals surface area contributed by atoms with E-state index in [4.69, 9.17) is 4.74 Å². The summed E-state index contributed by atoms with van der Waals surface area (Å²) < 4.78 is 5.54. The van der Waals surface area contributed by atoms with Gasteiger partial charge in [0.15, 0.2) is 0 Å². The van der Waals surface area contributed by atoms with Crippen LogP contribution < -0.4 is 15.8 Å². The lowest BCUT2D eigenvalue weighted by Crippen LogP contribution is -2.26. The molecule has 0 aliphatic carbocycles. The maximum Gasteiger partial charge on any atom is 0.138 e. The van der Waals surface area contributed by atoms with Gasteiger partial charge in [0.05, 0.1) is 12.3 Å². The van der Waals surface area contributed by atoms with Crippen LogP contribution in [0.1, 0.15) is 38.4 Å². The number of ether oxygens (including phenoxy) is 1. The van der Waals surface area contributed by atoms with Crippen LogP contribution in [-0.4, -0.2) is 34.6 Å². The number of hydrogen-bond acceptors (Lipinski definition) is 5. The fourth-order valence-corrected chi connectivity index (χ4v) is 4.15. The van der Waals surface area contributed by atoms with Gasteiger partial charge in [0.1, 0.15) is 12.1 Å². The minimum Gasteiger partial charge on any atom is -0.381 e. The van der Waals surface area contributed by atoms with Crippen LogP contribution >= 0.6 is 0 Å². The Labute approximate surface area is 172 Å². The zero-order valence-corrected chi connectivity index (χ0v) is 17.6. The number of anilines is 1. The number of hydrogen-bond donors (Lipinski definition) is 1. The molecule has 4 rings (SSSR count). The van der Waals surface area contributed by atoms with Crippen molar-refractivity contribution in [2.75, 3.05) is 25.1 Å². The monoisotopic (exact) mass is 390 g/mol. The predicted molar refractivity (Wildman–Crippen MR) is 117 cm³/mol. The first-order chi connectivity index (χ1) is 14.1. The molecule has 0 spiro atoms. The van der Waals surface area contributed by atoms with Crippen molar-refractivity contribution in [2.24, 2.45) is 5.92 Å². The van der Waals surface area contributed by atoms with Crippen molar-refractivity contribution < 1.29 is 4.74 Å². The molecule has 3 heterocycles. The average Bonchev–Trinajstić information content (AvgIpc) is 3.37. The summed E-state index contributed by atoms with van der Waals surface area (Å²) in [6.45, 7) is 11.0. The number of rotatable bonds is 5. The highest BCUT2D eigenvalue weighted by atomic mass is 16.5. The van der Waals surface area contributed by atoms with Crippen molar-refractivity contribution in [1.82, 2.24) is 14.9 Å². The molecule has 0 amide bonds. The number of aromatic nitrogens is 2. The Balaban J connectivity index is 1.56. The number of allylic oxidation sites excluding steroid dienone is 2.